The second-order valence-corrected chi connectivity index (χ2v) is 4.35. The van der Waals surface area contributed by atoms with E-state index in [1.165, 1.54) is 0 Å². The second kappa shape index (κ2) is 5.97. The molecule has 0 fully saturated rings. The molecule has 0 radical (unpaired) electrons. The number of rotatable bonds is 5. The van der Waals surface area contributed by atoms with Crippen LogP contribution in [0.2, 0.25) is 5.28 Å². The smallest absolute Gasteiger partial charge is 0.231 e. The van der Waals surface area contributed by atoms with Gasteiger partial charge in [-0.05, 0) is 18.5 Å². The van der Waals surface area contributed by atoms with Crippen molar-refractivity contribution in [3.8, 4) is 0 Å². The lowest BCUT2D eigenvalue weighted by Crippen LogP contribution is -2.34. The van der Waals surface area contributed by atoms with Crippen molar-refractivity contribution in [3.05, 3.63) is 5.28 Å². The molecule has 0 N–H and O–H groups in total. The van der Waals surface area contributed by atoms with E-state index in [0.717, 1.165) is 0 Å². The topological polar surface area (TPSA) is 54.4 Å². The first-order valence-corrected chi connectivity index (χ1v) is 5.64. The van der Waals surface area contributed by atoms with Gasteiger partial charge in [-0.3, -0.25) is 0 Å². The molecule has 0 saturated carbocycles. The van der Waals surface area contributed by atoms with Gasteiger partial charge >= 0.3 is 0 Å². The summed E-state index contributed by atoms with van der Waals surface area (Å²) in [6.07, 6.45) is 0. The molecular formula is C10H18ClN5O. The van der Waals surface area contributed by atoms with Crippen molar-refractivity contribution in [1.82, 2.24) is 15.0 Å². The Morgan fingerprint density at radius 1 is 1.18 bits per heavy atom. The van der Waals surface area contributed by atoms with Gasteiger partial charge in [0.15, 0.2) is 0 Å². The molecule has 0 saturated heterocycles. The predicted molar refractivity (Wildman–Crippen MR) is 68.9 cm³/mol. The van der Waals surface area contributed by atoms with Gasteiger partial charge in [-0.2, -0.15) is 15.0 Å². The third-order valence-electron chi connectivity index (χ3n) is 2.37. The molecule has 1 unspecified atom stereocenters. The van der Waals surface area contributed by atoms with Crippen molar-refractivity contribution in [1.29, 1.82) is 0 Å². The number of hydrogen-bond donors (Lipinski definition) is 0. The van der Waals surface area contributed by atoms with Crippen LogP contribution in [0.5, 0.6) is 0 Å². The van der Waals surface area contributed by atoms with Gasteiger partial charge in [0.05, 0.1) is 12.6 Å². The highest BCUT2D eigenvalue weighted by Gasteiger charge is 2.15. The number of halogens is 1. The highest BCUT2D eigenvalue weighted by Crippen LogP contribution is 2.15. The Kier molecular flexibility index (Phi) is 4.89. The summed E-state index contributed by atoms with van der Waals surface area (Å²) in [4.78, 5) is 16.2. The molecule has 17 heavy (non-hydrogen) atoms. The van der Waals surface area contributed by atoms with Crippen molar-refractivity contribution >= 4 is 23.5 Å². The summed E-state index contributed by atoms with van der Waals surface area (Å²) in [7, 11) is 7.27. The largest absolute Gasteiger partial charge is 0.383 e. The summed E-state index contributed by atoms with van der Waals surface area (Å²) in [5.41, 5.74) is 0. The van der Waals surface area contributed by atoms with E-state index >= 15 is 0 Å². The van der Waals surface area contributed by atoms with Crippen molar-refractivity contribution in [2.75, 3.05) is 44.7 Å². The average Bonchev–Trinajstić information content (AvgIpc) is 2.27. The number of nitrogens with zero attached hydrogens (tertiary/aromatic N) is 5. The van der Waals surface area contributed by atoms with Crippen LogP contribution in [0, 0.1) is 0 Å². The third kappa shape index (κ3) is 3.67. The summed E-state index contributed by atoms with van der Waals surface area (Å²) in [6, 6.07) is 0.161. The molecule has 0 aromatic carbocycles. The molecule has 0 amide bonds. The molecule has 0 aliphatic rings. The summed E-state index contributed by atoms with van der Waals surface area (Å²) in [6.45, 7) is 2.62. The summed E-state index contributed by atoms with van der Waals surface area (Å²) >= 11 is 5.87. The van der Waals surface area contributed by atoms with Crippen molar-refractivity contribution in [2.24, 2.45) is 0 Å². The van der Waals surface area contributed by atoms with Crippen LogP contribution in [-0.4, -0.2) is 55.9 Å². The highest BCUT2D eigenvalue weighted by molar-refractivity contribution is 6.28. The Labute approximate surface area is 107 Å². The molecule has 0 spiro atoms. The number of ether oxygens (including phenoxy) is 1. The van der Waals surface area contributed by atoms with Crippen molar-refractivity contribution in [3.63, 3.8) is 0 Å². The minimum Gasteiger partial charge on any atom is -0.383 e. The lowest BCUT2D eigenvalue weighted by molar-refractivity contribution is 0.183. The predicted octanol–water partition coefficient (Wildman–Crippen LogP) is 1.06. The minimum atomic E-state index is 0.161. The van der Waals surface area contributed by atoms with E-state index in [0.29, 0.717) is 18.5 Å². The molecule has 6 nitrogen and oxygen atoms in total. The molecule has 7 heteroatoms. The van der Waals surface area contributed by atoms with Gasteiger partial charge in [0.1, 0.15) is 0 Å². The molecule has 0 aliphatic carbocycles. The van der Waals surface area contributed by atoms with E-state index in [2.05, 4.69) is 15.0 Å². The SMILES string of the molecule is COCC(C)N(C)c1nc(Cl)nc(N(C)C)n1. The lowest BCUT2D eigenvalue weighted by atomic mass is 10.3. The first kappa shape index (κ1) is 13.9. The monoisotopic (exact) mass is 259 g/mol. The fourth-order valence-electron chi connectivity index (χ4n) is 1.24. The van der Waals surface area contributed by atoms with E-state index in [-0.39, 0.29) is 11.3 Å². The van der Waals surface area contributed by atoms with Crippen LogP contribution >= 0.6 is 11.6 Å². The first-order chi connectivity index (χ1) is 7.95. The molecule has 1 atom stereocenters. The number of hydrogen-bond acceptors (Lipinski definition) is 6. The van der Waals surface area contributed by atoms with E-state index in [1.54, 1.807) is 12.0 Å². The van der Waals surface area contributed by atoms with Crippen LogP contribution in [0.1, 0.15) is 6.92 Å². The lowest BCUT2D eigenvalue weighted by Gasteiger charge is -2.24. The van der Waals surface area contributed by atoms with Gasteiger partial charge in [0, 0.05) is 28.3 Å². The van der Waals surface area contributed by atoms with Crippen LogP contribution in [0.3, 0.4) is 0 Å². The molecule has 1 heterocycles. The molecule has 1 aromatic heterocycles. The number of anilines is 2. The number of methoxy groups -OCH3 is 1. The molecule has 1 aromatic rings. The molecule has 96 valence electrons. The van der Waals surface area contributed by atoms with Crippen LogP contribution in [0.4, 0.5) is 11.9 Å². The Balaban J connectivity index is 2.96. The Bertz CT molecular complexity index is 374. The molecule has 0 bridgehead atoms. The zero-order valence-electron chi connectivity index (χ0n) is 10.8. The molecule has 1 rings (SSSR count). The van der Waals surface area contributed by atoms with Gasteiger partial charge in [-0.15, -0.1) is 0 Å². The average molecular weight is 260 g/mol. The molecular weight excluding hydrogens is 242 g/mol. The summed E-state index contributed by atoms with van der Waals surface area (Å²) < 4.78 is 5.10. The van der Waals surface area contributed by atoms with E-state index in [9.17, 15) is 0 Å². The van der Waals surface area contributed by atoms with E-state index in [1.807, 2.05) is 33.0 Å². The number of likely N-dealkylation sites (N-methyl/N-ethyl adjacent to an activating group) is 1. The number of aromatic nitrogens is 3. The summed E-state index contributed by atoms with van der Waals surface area (Å²) in [5, 5.41) is 0.190. The van der Waals surface area contributed by atoms with Crippen molar-refractivity contribution in [2.45, 2.75) is 13.0 Å². The Morgan fingerprint density at radius 2 is 1.76 bits per heavy atom. The van der Waals surface area contributed by atoms with Crippen LogP contribution in [0.25, 0.3) is 0 Å². The van der Waals surface area contributed by atoms with Gasteiger partial charge in [0.2, 0.25) is 17.2 Å². The zero-order chi connectivity index (χ0) is 13.0. The fraction of sp³-hybridized carbons (Fsp3) is 0.700. The maximum absolute atomic E-state index is 5.87. The third-order valence-corrected chi connectivity index (χ3v) is 2.54. The van der Waals surface area contributed by atoms with Crippen LogP contribution in [-0.2, 0) is 4.74 Å². The standard InChI is InChI=1S/C10H18ClN5O/c1-7(6-17-5)16(4)10-13-8(11)12-9(14-10)15(2)3/h7H,6H2,1-5H3. The second-order valence-electron chi connectivity index (χ2n) is 4.01. The minimum absolute atomic E-state index is 0.161. The van der Waals surface area contributed by atoms with Gasteiger partial charge in [0.25, 0.3) is 0 Å². The van der Waals surface area contributed by atoms with E-state index in [4.69, 9.17) is 16.3 Å². The molecule has 0 aliphatic heterocycles. The Morgan fingerprint density at radius 3 is 2.29 bits per heavy atom. The Hall–Kier alpha value is -1.14. The normalized spacial score (nSPS) is 12.4. The van der Waals surface area contributed by atoms with E-state index < -0.39 is 0 Å². The highest BCUT2D eigenvalue weighted by atomic mass is 35.5. The van der Waals surface area contributed by atoms with Gasteiger partial charge < -0.3 is 14.5 Å². The summed E-state index contributed by atoms with van der Waals surface area (Å²) in [5.74, 6) is 1.08. The van der Waals surface area contributed by atoms with Crippen molar-refractivity contribution < 1.29 is 4.74 Å². The quantitative estimate of drug-likeness (QED) is 0.788. The maximum Gasteiger partial charge on any atom is 0.231 e. The maximum atomic E-state index is 5.87. The first-order valence-electron chi connectivity index (χ1n) is 5.26. The fourth-order valence-corrected chi connectivity index (χ4v) is 1.39. The van der Waals surface area contributed by atoms with Crippen LogP contribution < -0.4 is 9.80 Å². The van der Waals surface area contributed by atoms with Gasteiger partial charge in [-0.1, -0.05) is 0 Å². The zero-order valence-corrected chi connectivity index (χ0v) is 11.6. The van der Waals surface area contributed by atoms with Crippen LogP contribution in [0.15, 0.2) is 0 Å². The van der Waals surface area contributed by atoms with Gasteiger partial charge in [-0.25, -0.2) is 0 Å².